The minimum atomic E-state index is -0.253. The van der Waals surface area contributed by atoms with Gasteiger partial charge in [-0.1, -0.05) is 12.1 Å². The van der Waals surface area contributed by atoms with Gasteiger partial charge in [-0.25, -0.2) is 4.79 Å². The van der Waals surface area contributed by atoms with Gasteiger partial charge in [0.1, 0.15) is 25.1 Å². The van der Waals surface area contributed by atoms with Crippen molar-refractivity contribution in [3.05, 3.63) is 29.3 Å². The summed E-state index contributed by atoms with van der Waals surface area (Å²) in [5, 5.41) is 0. The summed E-state index contributed by atoms with van der Waals surface area (Å²) in [6.07, 6.45) is -0.0258. The van der Waals surface area contributed by atoms with E-state index in [0.29, 0.717) is 26.3 Å². The predicted octanol–water partition coefficient (Wildman–Crippen LogP) is 1.72. The molecule has 1 aromatic rings. The van der Waals surface area contributed by atoms with Crippen LogP contribution in [0.5, 0.6) is 5.75 Å². The van der Waals surface area contributed by atoms with Crippen molar-refractivity contribution >= 4 is 6.09 Å². The molecule has 0 saturated carbocycles. The molecule has 2 saturated heterocycles. The maximum Gasteiger partial charge on any atom is 0.410 e. The molecule has 3 rings (SSSR count). The minimum Gasteiger partial charge on any atom is -0.490 e. The highest BCUT2D eigenvalue weighted by molar-refractivity contribution is 5.69. The fraction of sp³-hybridized carbons (Fsp3) is 0.500. The highest BCUT2D eigenvalue weighted by Gasteiger charge is 2.25. The van der Waals surface area contributed by atoms with Crippen molar-refractivity contribution in [2.75, 3.05) is 26.4 Å². The Bertz CT molecular complexity index is 484. The number of amides is 1. The smallest absolute Gasteiger partial charge is 0.410 e. The maximum absolute atomic E-state index is 11.5. The van der Waals surface area contributed by atoms with Crippen LogP contribution in [-0.4, -0.2) is 43.5 Å². The van der Waals surface area contributed by atoms with Crippen LogP contribution in [0.2, 0.25) is 0 Å². The molecule has 0 aromatic heterocycles. The van der Waals surface area contributed by atoms with Crippen LogP contribution in [-0.2, 0) is 16.0 Å². The summed E-state index contributed by atoms with van der Waals surface area (Å²) >= 11 is 0. The molecule has 1 aromatic carbocycles. The number of carbonyl (C=O) groups is 1. The Labute approximate surface area is 112 Å². The second-order valence-electron chi connectivity index (χ2n) is 4.91. The van der Waals surface area contributed by atoms with Crippen LogP contribution in [0, 0.1) is 6.92 Å². The first kappa shape index (κ1) is 12.3. The zero-order valence-corrected chi connectivity index (χ0v) is 10.9. The maximum atomic E-state index is 11.5. The number of carbonyl (C=O) groups excluding carboxylic acids is 1. The predicted molar refractivity (Wildman–Crippen MR) is 68.2 cm³/mol. The van der Waals surface area contributed by atoms with E-state index >= 15 is 0 Å². The second kappa shape index (κ2) is 5.09. The summed E-state index contributed by atoms with van der Waals surface area (Å²) in [5.41, 5.74) is 2.14. The van der Waals surface area contributed by atoms with Gasteiger partial charge in [0, 0.05) is 5.56 Å². The van der Waals surface area contributed by atoms with Crippen LogP contribution in [0.25, 0.3) is 0 Å². The molecule has 0 spiro atoms. The molecule has 2 heterocycles. The lowest BCUT2D eigenvalue weighted by atomic mass is 10.1. The lowest BCUT2D eigenvalue weighted by molar-refractivity contribution is 0.157. The second-order valence-corrected chi connectivity index (χ2v) is 4.91. The molecule has 2 aliphatic rings. The molecule has 0 unspecified atom stereocenters. The van der Waals surface area contributed by atoms with Crippen LogP contribution < -0.4 is 4.74 Å². The van der Waals surface area contributed by atoms with Gasteiger partial charge >= 0.3 is 6.09 Å². The molecule has 0 N–H and O–H groups in total. The monoisotopic (exact) mass is 263 g/mol. The zero-order valence-electron chi connectivity index (χ0n) is 10.9. The molecular formula is C14H17NO4. The first-order chi connectivity index (χ1) is 9.22. The molecule has 2 aliphatic heterocycles. The van der Waals surface area contributed by atoms with E-state index in [1.807, 2.05) is 25.1 Å². The molecule has 0 bridgehead atoms. The van der Waals surface area contributed by atoms with Gasteiger partial charge in [-0.2, -0.15) is 0 Å². The fourth-order valence-electron chi connectivity index (χ4n) is 2.05. The highest BCUT2D eigenvalue weighted by Crippen LogP contribution is 2.24. The number of aryl methyl sites for hydroxylation is 1. The topological polar surface area (TPSA) is 51.3 Å². The molecule has 5 heteroatoms. The molecule has 5 nitrogen and oxygen atoms in total. The SMILES string of the molecule is Cc1ccc(CN2CCOC2=O)c(OC[C@@H]2CO2)c1. The van der Waals surface area contributed by atoms with Crippen LogP contribution in [0.1, 0.15) is 11.1 Å². The average molecular weight is 263 g/mol. The Kier molecular flexibility index (Phi) is 3.29. The molecule has 1 amide bonds. The van der Waals surface area contributed by atoms with Crippen LogP contribution in [0.4, 0.5) is 4.79 Å². The van der Waals surface area contributed by atoms with E-state index in [0.717, 1.165) is 23.5 Å². The van der Waals surface area contributed by atoms with E-state index in [-0.39, 0.29) is 12.2 Å². The van der Waals surface area contributed by atoms with Gasteiger partial charge in [-0.05, 0) is 18.6 Å². The van der Waals surface area contributed by atoms with Crippen molar-refractivity contribution in [1.82, 2.24) is 4.90 Å². The molecule has 19 heavy (non-hydrogen) atoms. The third kappa shape index (κ3) is 2.98. The Hall–Kier alpha value is -1.75. The molecule has 2 fully saturated rings. The summed E-state index contributed by atoms with van der Waals surface area (Å²) in [4.78, 5) is 13.2. The average Bonchev–Trinajstić information content (AvgIpc) is 3.14. The molecule has 0 radical (unpaired) electrons. The van der Waals surface area contributed by atoms with E-state index in [1.54, 1.807) is 4.90 Å². The number of rotatable bonds is 5. The van der Waals surface area contributed by atoms with Crippen LogP contribution in [0.3, 0.4) is 0 Å². The van der Waals surface area contributed by atoms with Gasteiger partial charge in [-0.3, -0.25) is 0 Å². The molecular weight excluding hydrogens is 246 g/mol. The summed E-state index contributed by atoms with van der Waals surface area (Å²) < 4.78 is 15.9. The number of cyclic esters (lactones) is 1. The number of hydrogen-bond donors (Lipinski definition) is 0. The molecule has 102 valence electrons. The number of nitrogens with zero attached hydrogens (tertiary/aromatic N) is 1. The van der Waals surface area contributed by atoms with Gasteiger partial charge < -0.3 is 19.1 Å². The summed E-state index contributed by atoms with van der Waals surface area (Å²) in [6.45, 7) is 5.00. The normalized spacial score (nSPS) is 21.4. The quantitative estimate of drug-likeness (QED) is 0.759. The van der Waals surface area contributed by atoms with E-state index < -0.39 is 0 Å². The first-order valence-electron chi connectivity index (χ1n) is 6.48. The van der Waals surface area contributed by atoms with E-state index in [4.69, 9.17) is 14.2 Å². The standard InChI is InChI=1S/C14H17NO4/c1-10-2-3-11(7-15-4-5-17-14(15)16)13(6-10)19-9-12-8-18-12/h2-3,6,12H,4-5,7-9H2,1H3/t12-/m0/s1. The lowest BCUT2D eigenvalue weighted by Gasteiger charge is -2.16. The summed E-state index contributed by atoms with van der Waals surface area (Å²) in [5.74, 6) is 0.829. The third-order valence-electron chi connectivity index (χ3n) is 3.26. The minimum absolute atomic E-state index is 0.227. The zero-order chi connectivity index (χ0) is 13.2. The van der Waals surface area contributed by atoms with Gasteiger partial charge in [0.2, 0.25) is 0 Å². The van der Waals surface area contributed by atoms with Crippen LogP contribution in [0.15, 0.2) is 18.2 Å². The summed E-state index contributed by atoms with van der Waals surface area (Å²) in [7, 11) is 0. The van der Waals surface area contributed by atoms with Gasteiger partial charge in [0.15, 0.2) is 0 Å². The Morgan fingerprint density at radius 2 is 2.32 bits per heavy atom. The lowest BCUT2D eigenvalue weighted by Crippen LogP contribution is -2.24. The Morgan fingerprint density at radius 1 is 1.47 bits per heavy atom. The highest BCUT2D eigenvalue weighted by atomic mass is 16.6. The van der Waals surface area contributed by atoms with Crippen molar-refractivity contribution in [3.63, 3.8) is 0 Å². The molecule has 0 aliphatic carbocycles. The number of ether oxygens (including phenoxy) is 3. The van der Waals surface area contributed by atoms with E-state index in [9.17, 15) is 4.79 Å². The van der Waals surface area contributed by atoms with Crippen LogP contribution >= 0.6 is 0 Å². The van der Waals surface area contributed by atoms with E-state index in [2.05, 4.69) is 0 Å². The van der Waals surface area contributed by atoms with Gasteiger partial charge in [0.25, 0.3) is 0 Å². The largest absolute Gasteiger partial charge is 0.490 e. The number of hydrogen-bond acceptors (Lipinski definition) is 4. The number of benzene rings is 1. The first-order valence-corrected chi connectivity index (χ1v) is 6.48. The van der Waals surface area contributed by atoms with Crippen molar-refractivity contribution in [2.24, 2.45) is 0 Å². The third-order valence-corrected chi connectivity index (χ3v) is 3.26. The number of epoxide rings is 1. The van der Waals surface area contributed by atoms with Gasteiger partial charge in [-0.15, -0.1) is 0 Å². The molecule has 1 atom stereocenters. The Morgan fingerprint density at radius 3 is 3.00 bits per heavy atom. The van der Waals surface area contributed by atoms with Crippen molar-refractivity contribution in [1.29, 1.82) is 0 Å². The van der Waals surface area contributed by atoms with E-state index in [1.165, 1.54) is 0 Å². The van der Waals surface area contributed by atoms with Crippen molar-refractivity contribution < 1.29 is 19.0 Å². The Balaban J connectivity index is 1.72. The fourth-order valence-corrected chi connectivity index (χ4v) is 2.05. The van der Waals surface area contributed by atoms with Gasteiger partial charge in [0.05, 0.1) is 19.7 Å². The van der Waals surface area contributed by atoms with Crippen molar-refractivity contribution in [3.8, 4) is 5.75 Å². The van der Waals surface area contributed by atoms with Crippen molar-refractivity contribution in [2.45, 2.75) is 19.6 Å². The summed E-state index contributed by atoms with van der Waals surface area (Å²) in [6, 6.07) is 6.03.